The van der Waals surface area contributed by atoms with Crippen LogP contribution < -0.4 is 5.32 Å². The third-order valence-corrected chi connectivity index (χ3v) is 4.02. The van der Waals surface area contributed by atoms with Crippen molar-refractivity contribution >= 4 is 28.6 Å². The molecule has 0 bridgehead atoms. The monoisotopic (exact) mass is 371 g/mol. The van der Waals surface area contributed by atoms with Crippen LogP contribution in [0.5, 0.6) is 0 Å². The van der Waals surface area contributed by atoms with E-state index in [0.29, 0.717) is 11.8 Å². The molecule has 0 fully saturated rings. The molecule has 2 aromatic heterocycles. The predicted octanol–water partition coefficient (Wildman–Crippen LogP) is 3.67. The van der Waals surface area contributed by atoms with Gasteiger partial charge in [-0.15, -0.1) is 0 Å². The van der Waals surface area contributed by atoms with Crippen LogP contribution in [0.4, 0.5) is 18.9 Å². The summed E-state index contributed by atoms with van der Waals surface area (Å²) in [7, 11) is 0. The van der Waals surface area contributed by atoms with Crippen LogP contribution in [0.25, 0.3) is 17.0 Å². The van der Waals surface area contributed by atoms with Crippen LogP contribution in [0.3, 0.4) is 0 Å². The third-order valence-electron chi connectivity index (χ3n) is 4.02. The molecule has 1 aromatic carbocycles. The lowest BCUT2D eigenvalue weighted by molar-refractivity contribution is -0.114. The Morgan fingerprint density at radius 2 is 2.07 bits per heavy atom. The van der Waals surface area contributed by atoms with E-state index in [4.69, 9.17) is 5.26 Å². The second kappa shape index (κ2) is 6.92. The molecule has 0 radical (unpaired) electrons. The summed E-state index contributed by atoms with van der Waals surface area (Å²) in [4.78, 5) is 15.8. The number of nitrogens with zero attached hydrogens (tertiary/aromatic N) is 3. The number of nitrogens with one attached hydrogen (secondary N) is 2. The van der Waals surface area contributed by atoms with E-state index < -0.39 is 23.4 Å². The Labute approximate surface area is 151 Å². The van der Waals surface area contributed by atoms with E-state index in [1.807, 2.05) is 0 Å². The van der Waals surface area contributed by atoms with Gasteiger partial charge in [0.25, 0.3) is 5.91 Å². The molecule has 136 valence electrons. The first-order valence-corrected chi connectivity index (χ1v) is 7.70. The number of fused-ring (bicyclic) bond motifs is 1. The number of amides is 1. The molecule has 2 N–H and O–H groups in total. The number of hydrogen-bond acceptors (Lipinski definition) is 4. The van der Waals surface area contributed by atoms with Crippen LogP contribution in [-0.4, -0.2) is 21.1 Å². The number of nitriles is 1. The molecular formula is C18H12F3N5O. The maximum absolute atomic E-state index is 14.5. The molecule has 9 heteroatoms. The fourth-order valence-electron chi connectivity index (χ4n) is 2.53. The topological polar surface area (TPSA) is 94.5 Å². The van der Waals surface area contributed by atoms with E-state index in [9.17, 15) is 18.0 Å². The fraction of sp³-hybridized carbons (Fsp3) is 0.111. The average Bonchev–Trinajstić information content (AvgIpc) is 3.08. The van der Waals surface area contributed by atoms with Gasteiger partial charge in [0, 0.05) is 16.5 Å². The summed E-state index contributed by atoms with van der Waals surface area (Å²) >= 11 is 0. The van der Waals surface area contributed by atoms with Crippen molar-refractivity contribution in [2.45, 2.75) is 13.8 Å². The zero-order valence-electron chi connectivity index (χ0n) is 14.2. The molecule has 2 heterocycles. The Kier molecular flexibility index (Phi) is 4.64. The lowest BCUT2D eigenvalue weighted by Crippen LogP contribution is -2.15. The lowest BCUT2D eigenvalue weighted by Gasteiger charge is -2.10. The minimum Gasteiger partial charge on any atom is -0.318 e. The van der Waals surface area contributed by atoms with Crippen molar-refractivity contribution in [1.29, 1.82) is 5.26 Å². The van der Waals surface area contributed by atoms with Gasteiger partial charge in [0.15, 0.2) is 17.3 Å². The first-order valence-electron chi connectivity index (χ1n) is 7.70. The Hall–Kier alpha value is -3.67. The number of aromatic nitrogens is 3. The van der Waals surface area contributed by atoms with Crippen LogP contribution in [-0.2, 0) is 4.79 Å². The second-order valence-corrected chi connectivity index (χ2v) is 5.71. The van der Waals surface area contributed by atoms with Crippen molar-refractivity contribution in [3.63, 3.8) is 0 Å². The van der Waals surface area contributed by atoms with E-state index in [0.717, 1.165) is 6.20 Å². The number of rotatable bonds is 3. The highest BCUT2D eigenvalue weighted by Crippen LogP contribution is 2.25. The Morgan fingerprint density at radius 3 is 2.78 bits per heavy atom. The first-order chi connectivity index (χ1) is 12.8. The summed E-state index contributed by atoms with van der Waals surface area (Å²) in [5.41, 5.74) is 0.180. The van der Waals surface area contributed by atoms with Crippen LogP contribution in [0.1, 0.15) is 22.5 Å². The number of halogens is 3. The molecule has 0 saturated carbocycles. The van der Waals surface area contributed by atoms with Gasteiger partial charge < -0.3 is 5.32 Å². The van der Waals surface area contributed by atoms with E-state index in [2.05, 4.69) is 20.5 Å². The molecular weight excluding hydrogens is 359 g/mol. The molecule has 0 unspecified atom stereocenters. The van der Waals surface area contributed by atoms with Gasteiger partial charge >= 0.3 is 0 Å². The number of aromatic amines is 1. The average molecular weight is 371 g/mol. The smallest absolute Gasteiger partial charge is 0.284 e. The summed E-state index contributed by atoms with van der Waals surface area (Å²) in [5, 5.41) is 17.4. The van der Waals surface area contributed by atoms with Gasteiger partial charge in [0.2, 0.25) is 0 Å². The van der Waals surface area contributed by atoms with Crippen molar-refractivity contribution in [2.24, 2.45) is 0 Å². The molecule has 3 aromatic rings. The predicted molar refractivity (Wildman–Crippen MR) is 92.2 cm³/mol. The van der Waals surface area contributed by atoms with E-state index >= 15 is 0 Å². The molecule has 1 amide bonds. The van der Waals surface area contributed by atoms with Gasteiger partial charge in [-0.1, -0.05) is 6.07 Å². The molecule has 0 aliphatic heterocycles. The largest absolute Gasteiger partial charge is 0.318 e. The minimum absolute atomic E-state index is 0.00204. The summed E-state index contributed by atoms with van der Waals surface area (Å²) < 4.78 is 42.3. The van der Waals surface area contributed by atoms with Crippen molar-refractivity contribution in [1.82, 2.24) is 15.2 Å². The maximum atomic E-state index is 14.5. The summed E-state index contributed by atoms with van der Waals surface area (Å²) in [5.74, 6) is -3.96. The quantitative estimate of drug-likeness (QED) is 0.687. The number of anilines is 1. The van der Waals surface area contributed by atoms with Gasteiger partial charge in [-0.25, -0.2) is 13.2 Å². The first kappa shape index (κ1) is 18.1. The third kappa shape index (κ3) is 3.25. The lowest BCUT2D eigenvalue weighted by atomic mass is 10.1. The Morgan fingerprint density at radius 1 is 1.33 bits per heavy atom. The van der Waals surface area contributed by atoms with Gasteiger partial charge in [0.05, 0.1) is 17.6 Å². The van der Waals surface area contributed by atoms with Crippen LogP contribution in [0, 0.1) is 36.8 Å². The number of aryl methyl sites for hydroxylation is 1. The van der Waals surface area contributed by atoms with Crippen molar-refractivity contribution < 1.29 is 18.0 Å². The van der Waals surface area contributed by atoms with Crippen molar-refractivity contribution in [2.75, 3.05) is 5.32 Å². The highest BCUT2D eigenvalue weighted by molar-refractivity contribution is 6.05. The molecule has 0 aliphatic carbocycles. The second-order valence-electron chi connectivity index (χ2n) is 5.71. The SMILES string of the molecule is Cc1ncc(F)c(C)c1NC(=O)/C(F)=C/c1ccc2c(C#N)n[nH]c2c1F. The Balaban J connectivity index is 1.93. The number of hydrogen-bond donors (Lipinski definition) is 2. The molecule has 0 saturated heterocycles. The fourth-order valence-corrected chi connectivity index (χ4v) is 2.53. The minimum atomic E-state index is -1.28. The zero-order chi connectivity index (χ0) is 19.7. The van der Waals surface area contributed by atoms with Crippen LogP contribution in [0.15, 0.2) is 24.2 Å². The zero-order valence-corrected chi connectivity index (χ0v) is 14.2. The van der Waals surface area contributed by atoms with E-state index in [1.165, 1.54) is 26.0 Å². The standard InChI is InChI=1S/C18H12F3N5O/c1-8-13(20)7-23-9(2)16(8)24-18(27)12(19)5-10-3-4-11-14(6-22)25-26-17(11)15(10)21/h3-5,7H,1-2H3,(H,24,27)(H,25,26)/b12-5-. The Bertz CT molecular complexity index is 1140. The highest BCUT2D eigenvalue weighted by atomic mass is 19.1. The number of H-pyrrole nitrogens is 1. The van der Waals surface area contributed by atoms with Gasteiger partial charge in [-0.3, -0.25) is 14.9 Å². The summed E-state index contributed by atoms with van der Waals surface area (Å²) in [6.07, 6.45) is 1.70. The van der Waals surface area contributed by atoms with Gasteiger partial charge in [0.1, 0.15) is 17.4 Å². The number of carbonyl (C=O) groups excluding carboxylic acids is 1. The van der Waals surface area contributed by atoms with Crippen LogP contribution >= 0.6 is 0 Å². The number of benzene rings is 1. The summed E-state index contributed by atoms with van der Waals surface area (Å²) in [6.45, 7) is 2.95. The van der Waals surface area contributed by atoms with Gasteiger partial charge in [-0.2, -0.15) is 10.4 Å². The van der Waals surface area contributed by atoms with Crippen molar-refractivity contribution in [3.8, 4) is 6.07 Å². The highest BCUT2D eigenvalue weighted by Gasteiger charge is 2.17. The molecule has 6 nitrogen and oxygen atoms in total. The molecule has 0 aliphatic rings. The molecule has 27 heavy (non-hydrogen) atoms. The molecule has 3 rings (SSSR count). The van der Waals surface area contributed by atoms with E-state index in [1.54, 1.807) is 6.07 Å². The number of carbonyl (C=O) groups is 1. The van der Waals surface area contributed by atoms with Crippen molar-refractivity contribution in [3.05, 3.63) is 58.3 Å². The summed E-state index contributed by atoms with van der Waals surface area (Å²) in [6, 6.07) is 4.41. The maximum Gasteiger partial charge on any atom is 0.284 e. The molecule has 0 atom stereocenters. The van der Waals surface area contributed by atoms with Crippen LogP contribution in [0.2, 0.25) is 0 Å². The number of pyridine rings is 1. The van der Waals surface area contributed by atoms with E-state index in [-0.39, 0.29) is 33.4 Å². The normalized spacial score (nSPS) is 11.5. The molecule has 0 spiro atoms. The van der Waals surface area contributed by atoms with Gasteiger partial charge in [-0.05, 0) is 26.0 Å².